The minimum atomic E-state index is -0.504. The number of anilines is 2. The van der Waals surface area contributed by atoms with Gasteiger partial charge in [-0.1, -0.05) is 13.8 Å². The molecule has 1 aliphatic rings. The number of nitrogens with one attached hydrogen (secondary N) is 2. The summed E-state index contributed by atoms with van der Waals surface area (Å²) >= 11 is 0. The first kappa shape index (κ1) is 16.5. The van der Waals surface area contributed by atoms with Gasteiger partial charge in [0.1, 0.15) is 11.6 Å². The van der Waals surface area contributed by atoms with Gasteiger partial charge in [-0.2, -0.15) is 5.10 Å². The highest BCUT2D eigenvalue weighted by Gasteiger charge is 2.29. The lowest BCUT2D eigenvalue weighted by molar-refractivity contribution is 0.257. The normalized spacial score (nSPS) is 14.5. The van der Waals surface area contributed by atoms with Gasteiger partial charge in [-0.25, -0.2) is 14.2 Å². The summed E-state index contributed by atoms with van der Waals surface area (Å²) in [4.78, 5) is 18.7. The number of pyridine rings is 1. The van der Waals surface area contributed by atoms with E-state index in [9.17, 15) is 9.18 Å². The first-order valence-corrected chi connectivity index (χ1v) is 8.77. The summed E-state index contributed by atoms with van der Waals surface area (Å²) in [7, 11) is 0. The van der Waals surface area contributed by atoms with Crippen molar-refractivity contribution in [3.8, 4) is 0 Å². The largest absolute Gasteiger partial charge is 0.327 e. The molecule has 1 unspecified atom stereocenters. The van der Waals surface area contributed by atoms with Crippen molar-refractivity contribution >= 4 is 28.4 Å². The molecule has 1 aliphatic heterocycles. The van der Waals surface area contributed by atoms with Crippen molar-refractivity contribution in [1.82, 2.24) is 15.2 Å². The third kappa shape index (κ3) is 2.69. The van der Waals surface area contributed by atoms with Gasteiger partial charge in [-0.15, -0.1) is 0 Å². The highest BCUT2D eigenvalue weighted by atomic mass is 19.1. The number of aromatic nitrogens is 3. The molecule has 2 aromatic heterocycles. The van der Waals surface area contributed by atoms with Crippen molar-refractivity contribution in [3.05, 3.63) is 47.5 Å². The molecule has 7 heteroatoms. The van der Waals surface area contributed by atoms with Gasteiger partial charge in [-0.05, 0) is 36.5 Å². The number of urea groups is 1. The average molecular weight is 353 g/mol. The second-order valence-corrected chi connectivity index (χ2v) is 6.63. The fraction of sp³-hybridized carbons (Fsp3) is 0.316. The summed E-state index contributed by atoms with van der Waals surface area (Å²) in [5, 5.41) is 9.99. The van der Waals surface area contributed by atoms with E-state index in [1.54, 1.807) is 23.4 Å². The maximum Gasteiger partial charge on any atom is 0.327 e. The number of nitrogens with zero attached hydrogens (tertiary/aromatic N) is 3. The van der Waals surface area contributed by atoms with E-state index in [1.165, 1.54) is 11.6 Å². The first-order valence-electron chi connectivity index (χ1n) is 8.77. The molecule has 0 aliphatic carbocycles. The minimum Gasteiger partial charge on any atom is -0.305 e. The molecule has 0 spiro atoms. The molecule has 0 radical (unpaired) electrons. The molecule has 3 heterocycles. The van der Waals surface area contributed by atoms with Gasteiger partial charge < -0.3 is 5.32 Å². The van der Waals surface area contributed by atoms with Crippen LogP contribution >= 0.6 is 0 Å². The molecule has 0 bridgehead atoms. The van der Waals surface area contributed by atoms with Crippen LogP contribution in [0.3, 0.4) is 0 Å². The molecule has 2 N–H and O–H groups in total. The highest BCUT2D eigenvalue weighted by molar-refractivity contribution is 6.03. The molecule has 3 aromatic rings. The lowest BCUT2D eigenvalue weighted by atomic mass is 9.94. The monoisotopic (exact) mass is 353 g/mol. The number of hydrogen-bond acceptors (Lipinski definition) is 3. The van der Waals surface area contributed by atoms with E-state index in [0.717, 1.165) is 23.8 Å². The fourth-order valence-electron chi connectivity index (χ4n) is 3.44. The third-order valence-corrected chi connectivity index (χ3v) is 5.07. The fourth-order valence-corrected chi connectivity index (χ4v) is 3.44. The molecular formula is C19H20FN5O. The first-order chi connectivity index (χ1) is 12.6. The Hall–Kier alpha value is -2.96. The molecule has 0 fully saturated rings. The number of benzene rings is 1. The van der Waals surface area contributed by atoms with Crippen LogP contribution in [0.5, 0.6) is 0 Å². The summed E-state index contributed by atoms with van der Waals surface area (Å²) in [5.74, 6) is 0.580. The smallest absolute Gasteiger partial charge is 0.305 e. The van der Waals surface area contributed by atoms with Gasteiger partial charge in [0.2, 0.25) is 0 Å². The quantitative estimate of drug-likeness (QED) is 0.741. The van der Waals surface area contributed by atoms with E-state index in [1.807, 2.05) is 6.07 Å². The van der Waals surface area contributed by atoms with E-state index in [0.29, 0.717) is 23.8 Å². The topological polar surface area (TPSA) is 73.9 Å². The Balaban J connectivity index is 1.61. The number of aromatic amines is 1. The number of halogens is 1. The van der Waals surface area contributed by atoms with Gasteiger partial charge in [0.05, 0.1) is 17.4 Å². The van der Waals surface area contributed by atoms with E-state index in [4.69, 9.17) is 0 Å². The standard InChI is InChI=1S/C19H20FN5O/c1-3-11(2)13-4-6-21-18-14(13)5-7-25(18)19(26)23-17-8-12-10-22-24-16(12)9-15(17)20/h4,6,8-11H,3,5,7H2,1-2H3,(H,22,24)(H,23,26). The summed E-state index contributed by atoms with van der Waals surface area (Å²) < 4.78 is 14.3. The van der Waals surface area contributed by atoms with Crippen molar-refractivity contribution in [2.24, 2.45) is 0 Å². The number of carbonyl (C=O) groups excluding carboxylic acids is 1. The molecular weight excluding hydrogens is 333 g/mol. The Morgan fingerprint density at radius 3 is 3.12 bits per heavy atom. The van der Waals surface area contributed by atoms with Crippen LogP contribution < -0.4 is 10.2 Å². The van der Waals surface area contributed by atoms with E-state index in [-0.39, 0.29) is 11.7 Å². The lowest BCUT2D eigenvalue weighted by Crippen LogP contribution is -2.34. The van der Waals surface area contributed by atoms with Gasteiger partial charge in [-0.3, -0.25) is 10.00 Å². The van der Waals surface area contributed by atoms with Crippen LogP contribution in [0.25, 0.3) is 10.9 Å². The maximum absolute atomic E-state index is 14.3. The number of amides is 2. The van der Waals surface area contributed by atoms with E-state index < -0.39 is 5.82 Å². The van der Waals surface area contributed by atoms with Gasteiger partial charge in [0.15, 0.2) is 0 Å². The summed E-state index contributed by atoms with van der Waals surface area (Å²) in [5.41, 5.74) is 3.07. The van der Waals surface area contributed by atoms with Crippen LogP contribution in [0, 0.1) is 5.82 Å². The van der Waals surface area contributed by atoms with Crippen molar-refractivity contribution in [2.45, 2.75) is 32.6 Å². The van der Waals surface area contributed by atoms with Crippen molar-refractivity contribution < 1.29 is 9.18 Å². The molecule has 1 aromatic carbocycles. The predicted molar refractivity (Wildman–Crippen MR) is 99.1 cm³/mol. The van der Waals surface area contributed by atoms with Crippen molar-refractivity contribution in [1.29, 1.82) is 0 Å². The minimum absolute atomic E-state index is 0.135. The summed E-state index contributed by atoms with van der Waals surface area (Å²) in [6, 6.07) is 4.56. The van der Waals surface area contributed by atoms with Crippen LogP contribution in [-0.4, -0.2) is 27.8 Å². The highest BCUT2D eigenvalue weighted by Crippen LogP contribution is 2.34. The Morgan fingerprint density at radius 1 is 1.46 bits per heavy atom. The maximum atomic E-state index is 14.3. The number of rotatable bonds is 3. The Kier molecular flexibility index (Phi) is 4.06. The molecule has 26 heavy (non-hydrogen) atoms. The third-order valence-electron chi connectivity index (χ3n) is 5.07. The number of H-pyrrole nitrogens is 1. The average Bonchev–Trinajstić information content (AvgIpc) is 3.27. The summed E-state index contributed by atoms with van der Waals surface area (Å²) in [6.45, 7) is 4.86. The molecule has 6 nitrogen and oxygen atoms in total. The molecule has 0 saturated heterocycles. The Bertz CT molecular complexity index is 983. The van der Waals surface area contributed by atoms with Gasteiger partial charge in [0.25, 0.3) is 0 Å². The van der Waals surface area contributed by atoms with Crippen LogP contribution in [0.4, 0.5) is 20.7 Å². The second kappa shape index (κ2) is 6.40. The number of hydrogen-bond donors (Lipinski definition) is 2. The second-order valence-electron chi connectivity index (χ2n) is 6.63. The van der Waals surface area contributed by atoms with Gasteiger partial charge in [0, 0.05) is 29.8 Å². The summed E-state index contributed by atoms with van der Waals surface area (Å²) in [6.07, 6.45) is 5.12. The molecule has 2 amide bonds. The molecule has 0 saturated carbocycles. The van der Waals surface area contributed by atoms with Gasteiger partial charge >= 0.3 is 6.03 Å². The van der Waals surface area contributed by atoms with Crippen LogP contribution in [0.2, 0.25) is 0 Å². The van der Waals surface area contributed by atoms with Crippen LogP contribution in [-0.2, 0) is 6.42 Å². The zero-order chi connectivity index (χ0) is 18.3. The zero-order valence-electron chi connectivity index (χ0n) is 14.7. The predicted octanol–water partition coefficient (Wildman–Crippen LogP) is 4.21. The number of fused-ring (bicyclic) bond motifs is 2. The van der Waals surface area contributed by atoms with E-state index in [2.05, 4.69) is 34.3 Å². The Morgan fingerprint density at radius 2 is 2.31 bits per heavy atom. The van der Waals surface area contributed by atoms with Crippen LogP contribution in [0.1, 0.15) is 37.3 Å². The SMILES string of the molecule is CCC(C)c1ccnc2c1CCN2C(=O)Nc1cc2cn[nH]c2cc1F. The van der Waals surface area contributed by atoms with Crippen molar-refractivity contribution in [2.75, 3.05) is 16.8 Å². The zero-order valence-corrected chi connectivity index (χ0v) is 14.7. The lowest BCUT2D eigenvalue weighted by Gasteiger charge is -2.19. The Labute approximate surface area is 150 Å². The van der Waals surface area contributed by atoms with Crippen LogP contribution in [0.15, 0.2) is 30.6 Å². The number of carbonyl (C=O) groups is 1. The molecule has 134 valence electrons. The molecule has 1 atom stereocenters. The molecule has 4 rings (SSSR count). The van der Waals surface area contributed by atoms with E-state index >= 15 is 0 Å². The van der Waals surface area contributed by atoms with Crippen molar-refractivity contribution in [3.63, 3.8) is 0 Å².